The quantitative estimate of drug-likeness (QED) is 0.293. The molecule has 142 valence electrons. The van der Waals surface area contributed by atoms with Gasteiger partial charge in [-0.1, -0.05) is 13.8 Å². The Bertz CT molecular complexity index is 1080. The standard InChI is InChI=1S/C20H20O7/c1-10(2)19(21)26-11-6-7-12-14(8-11)27-20(22)13-9-15(23-3)17(24-4)18(25-5)16(12)13/h6-10H,1-5H3. The van der Waals surface area contributed by atoms with Crippen molar-refractivity contribution in [2.75, 3.05) is 21.3 Å². The Morgan fingerprint density at radius 2 is 1.67 bits per heavy atom. The van der Waals surface area contributed by atoms with E-state index in [0.29, 0.717) is 39.2 Å². The fourth-order valence-corrected chi connectivity index (χ4v) is 2.83. The van der Waals surface area contributed by atoms with Crippen molar-refractivity contribution in [3.63, 3.8) is 0 Å². The van der Waals surface area contributed by atoms with Gasteiger partial charge in [0.05, 0.1) is 32.6 Å². The predicted octanol–water partition coefficient (Wildman–Crippen LogP) is 3.53. The van der Waals surface area contributed by atoms with Crippen molar-refractivity contribution in [2.45, 2.75) is 13.8 Å². The topological polar surface area (TPSA) is 84.2 Å². The van der Waals surface area contributed by atoms with Crippen molar-refractivity contribution in [1.29, 1.82) is 0 Å². The van der Waals surface area contributed by atoms with Gasteiger partial charge in [-0.3, -0.25) is 4.79 Å². The van der Waals surface area contributed by atoms with Crippen LogP contribution < -0.4 is 24.6 Å². The van der Waals surface area contributed by atoms with Crippen LogP contribution in [-0.2, 0) is 4.79 Å². The smallest absolute Gasteiger partial charge is 0.344 e. The molecular formula is C20H20O7. The molecule has 0 atom stereocenters. The first-order valence-corrected chi connectivity index (χ1v) is 8.32. The van der Waals surface area contributed by atoms with Gasteiger partial charge < -0.3 is 23.4 Å². The first-order valence-electron chi connectivity index (χ1n) is 8.32. The van der Waals surface area contributed by atoms with Gasteiger partial charge in [0.15, 0.2) is 11.5 Å². The van der Waals surface area contributed by atoms with Gasteiger partial charge in [-0.25, -0.2) is 4.79 Å². The summed E-state index contributed by atoms with van der Waals surface area (Å²) in [6.45, 7) is 3.48. The number of carbonyl (C=O) groups excluding carboxylic acids is 1. The maximum absolute atomic E-state index is 12.5. The molecule has 0 radical (unpaired) electrons. The van der Waals surface area contributed by atoms with Crippen molar-refractivity contribution in [3.05, 3.63) is 34.7 Å². The predicted molar refractivity (Wildman–Crippen MR) is 100 cm³/mol. The molecule has 0 unspecified atom stereocenters. The molecule has 7 nitrogen and oxygen atoms in total. The van der Waals surface area contributed by atoms with Gasteiger partial charge in [-0.05, 0) is 18.2 Å². The van der Waals surface area contributed by atoms with E-state index in [1.165, 1.54) is 27.4 Å². The Morgan fingerprint density at radius 1 is 0.963 bits per heavy atom. The number of methoxy groups -OCH3 is 3. The fourth-order valence-electron chi connectivity index (χ4n) is 2.83. The molecule has 0 fully saturated rings. The van der Waals surface area contributed by atoms with E-state index < -0.39 is 5.63 Å². The molecular weight excluding hydrogens is 352 g/mol. The molecule has 0 amide bonds. The van der Waals surface area contributed by atoms with Crippen molar-refractivity contribution in [1.82, 2.24) is 0 Å². The number of carbonyl (C=O) groups is 1. The third-order valence-electron chi connectivity index (χ3n) is 4.16. The third-order valence-corrected chi connectivity index (χ3v) is 4.16. The SMILES string of the molecule is COc1cc2c(=O)oc3cc(OC(=O)C(C)C)ccc3c2c(OC)c1OC. The third kappa shape index (κ3) is 3.16. The van der Waals surface area contributed by atoms with Crippen LogP contribution in [0.25, 0.3) is 21.7 Å². The lowest BCUT2D eigenvalue weighted by atomic mass is 10.0. The average molecular weight is 372 g/mol. The summed E-state index contributed by atoms with van der Waals surface area (Å²) in [6, 6.07) is 6.40. The minimum Gasteiger partial charge on any atom is -0.493 e. The van der Waals surface area contributed by atoms with Crippen LogP contribution in [0.5, 0.6) is 23.0 Å². The molecule has 0 saturated heterocycles. The number of hydrogen-bond donors (Lipinski definition) is 0. The van der Waals surface area contributed by atoms with Gasteiger partial charge in [0, 0.05) is 16.8 Å². The largest absolute Gasteiger partial charge is 0.493 e. The minimum absolute atomic E-state index is 0.270. The van der Waals surface area contributed by atoms with Gasteiger partial charge in [0.2, 0.25) is 5.75 Å². The summed E-state index contributed by atoms with van der Waals surface area (Å²) in [4.78, 5) is 24.4. The summed E-state index contributed by atoms with van der Waals surface area (Å²) in [7, 11) is 4.44. The normalized spacial score (nSPS) is 11.0. The maximum atomic E-state index is 12.5. The van der Waals surface area contributed by atoms with Crippen LogP contribution in [0.1, 0.15) is 13.8 Å². The molecule has 0 saturated carbocycles. The highest BCUT2D eigenvalue weighted by atomic mass is 16.5. The van der Waals surface area contributed by atoms with E-state index in [2.05, 4.69) is 0 Å². The van der Waals surface area contributed by atoms with Crippen LogP contribution in [0.2, 0.25) is 0 Å². The monoisotopic (exact) mass is 372 g/mol. The summed E-state index contributed by atoms with van der Waals surface area (Å²) in [6.07, 6.45) is 0. The molecule has 3 aromatic rings. The first-order chi connectivity index (χ1) is 12.9. The summed E-state index contributed by atoms with van der Waals surface area (Å²) < 4.78 is 26.9. The van der Waals surface area contributed by atoms with Crippen LogP contribution in [0, 0.1) is 5.92 Å². The van der Waals surface area contributed by atoms with E-state index in [9.17, 15) is 9.59 Å². The Balaban J connectivity index is 2.32. The number of benzene rings is 2. The van der Waals surface area contributed by atoms with Crippen LogP contribution in [0.3, 0.4) is 0 Å². The molecule has 1 aromatic heterocycles. The highest BCUT2D eigenvalue weighted by Gasteiger charge is 2.21. The zero-order valence-electron chi connectivity index (χ0n) is 15.7. The summed E-state index contributed by atoms with van der Waals surface area (Å²) in [5, 5.41) is 1.44. The Labute approximate surface area is 155 Å². The lowest BCUT2D eigenvalue weighted by Gasteiger charge is -2.15. The fraction of sp³-hybridized carbons (Fsp3) is 0.300. The number of esters is 1. The molecule has 0 aliphatic heterocycles. The molecule has 7 heteroatoms. The van der Waals surface area contributed by atoms with Crippen LogP contribution in [0.4, 0.5) is 0 Å². The first kappa shape index (κ1) is 18.6. The second-order valence-electron chi connectivity index (χ2n) is 6.19. The van der Waals surface area contributed by atoms with E-state index in [1.54, 1.807) is 32.0 Å². The molecule has 2 aromatic carbocycles. The second kappa shape index (κ2) is 7.19. The summed E-state index contributed by atoms with van der Waals surface area (Å²) in [5.41, 5.74) is -0.295. The van der Waals surface area contributed by atoms with Crippen LogP contribution >= 0.6 is 0 Å². The highest BCUT2D eigenvalue weighted by Crippen LogP contribution is 2.45. The molecule has 0 aliphatic carbocycles. The molecule has 0 bridgehead atoms. The Hall–Kier alpha value is -3.22. The van der Waals surface area contributed by atoms with E-state index in [4.69, 9.17) is 23.4 Å². The van der Waals surface area contributed by atoms with Crippen molar-refractivity contribution in [3.8, 4) is 23.0 Å². The van der Waals surface area contributed by atoms with Crippen molar-refractivity contribution >= 4 is 27.7 Å². The molecule has 27 heavy (non-hydrogen) atoms. The van der Waals surface area contributed by atoms with Gasteiger partial charge in [-0.2, -0.15) is 0 Å². The van der Waals surface area contributed by atoms with Crippen LogP contribution in [-0.4, -0.2) is 27.3 Å². The van der Waals surface area contributed by atoms with Gasteiger partial charge in [-0.15, -0.1) is 0 Å². The highest BCUT2D eigenvalue weighted by molar-refractivity contribution is 6.10. The Kier molecular flexibility index (Phi) is 4.94. The lowest BCUT2D eigenvalue weighted by Crippen LogP contribution is -2.14. The molecule has 0 spiro atoms. The molecule has 0 aliphatic rings. The number of hydrogen-bond acceptors (Lipinski definition) is 7. The van der Waals surface area contributed by atoms with E-state index in [1.807, 2.05) is 0 Å². The van der Waals surface area contributed by atoms with E-state index in [0.717, 1.165) is 0 Å². The summed E-state index contributed by atoms with van der Waals surface area (Å²) >= 11 is 0. The number of rotatable bonds is 5. The van der Waals surface area contributed by atoms with Gasteiger partial charge in [0.25, 0.3) is 0 Å². The van der Waals surface area contributed by atoms with Crippen LogP contribution in [0.15, 0.2) is 33.5 Å². The van der Waals surface area contributed by atoms with Crippen molar-refractivity contribution in [2.24, 2.45) is 5.92 Å². The van der Waals surface area contributed by atoms with Gasteiger partial charge in [0.1, 0.15) is 11.3 Å². The molecule has 3 rings (SSSR count). The second-order valence-corrected chi connectivity index (χ2v) is 6.19. The number of ether oxygens (including phenoxy) is 4. The Morgan fingerprint density at radius 3 is 2.26 bits per heavy atom. The molecule has 0 N–H and O–H groups in total. The van der Waals surface area contributed by atoms with E-state index in [-0.39, 0.29) is 17.5 Å². The minimum atomic E-state index is -0.566. The summed E-state index contributed by atoms with van der Waals surface area (Å²) in [5.74, 6) is 0.730. The van der Waals surface area contributed by atoms with Gasteiger partial charge >= 0.3 is 11.6 Å². The zero-order chi connectivity index (χ0) is 19.7. The maximum Gasteiger partial charge on any atom is 0.344 e. The van der Waals surface area contributed by atoms with E-state index >= 15 is 0 Å². The number of fused-ring (bicyclic) bond motifs is 3. The molecule has 1 heterocycles. The zero-order valence-corrected chi connectivity index (χ0v) is 15.7. The average Bonchev–Trinajstić information content (AvgIpc) is 2.66. The van der Waals surface area contributed by atoms with Crippen molar-refractivity contribution < 1.29 is 28.2 Å². The lowest BCUT2D eigenvalue weighted by molar-refractivity contribution is -0.137.